The van der Waals surface area contributed by atoms with Crippen LogP contribution in [0.15, 0.2) is 18.2 Å². The lowest BCUT2D eigenvalue weighted by atomic mass is 9.81. The molecule has 1 aliphatic rings. The molecule has 1 saturated heterocycles. The van der Waals surface area contributed by atoms with Crippen molar-refractivity contribution in [1.29, 1.82) is 0 Å². The minimum Gasteiger partial charge on any atom is -0.497 e. The average molecular weight is 290 g/mol. The van der Waals surface area contributed by atoms with Gasteiger partial charge in [0.2, 0.25) is 0 Å². The SMILES string of the molecule is CCC(C)(C(N)c1ccc(OC)cc1C)N1CCCCC1. The molecule has 0 aromatic heterocycles. The number of nitrogens with two attached hydrogens (primary N) is 1. The van der Waals surface area contributed by atoms with Crippen molar-refractivity contribution in [3.05, 3.63) is 29.3 Å². The van der Waals surface area contributed by atoms with Crippen LogP contribution >= 0.6 is 0 Å². The van der Waals surface area contributed by atoms with Crippen LogP contribution in [0.1, 0.15) is 56.7 Å². The highest BCUT2D eigenvalue weighted by atomic mass is 16.5. The molecule has 1 aliphatic heterocycles. The van der Waals surface area contributed by atoms with Crippen molar-refractivity contribution in [3.63, 3.8) is 0 Å². The fraction of sp³-hybridized carbons (Fsp3) is 0.667. The zero-order valence-corrected chi connectivity index (χ0v) is 14.0. The van der Waals surface area contributed by atoms with E-state index in [0.29, 0.717) is 0 Å². The van der Waals surface area contributed by atoms with Crippen molar-refractivity contribution in [2.24, 2.45) is 5.73 Å². The lowest BCUT2D eigenvalue weighted by Gasteiger charge is -2.47. The molecule has 0 bridgehead atoms. The van der Waals surface area contributed by atoms with Crippen molar-refractivity contribution >= 4 is 0 Å². The van der Waals surface area contributed by atoms with E-state index in [-0.39, 0.29) is 11.6 Å². The van der Waals surface area contributed by atoms with Gasteiger partial charge >= 0.3 is 0 Å². The average Bonchev–Trinajstić information content (AvgIpc) is 2.54. The molecular weight excluding hydrogens is 260 g/mol. The van der Waals surface area contributed by atoms with E-state index in [4.69, 9.17) is 10.5 Å². The Kier molecular flexibility index (Phi) is 5.28. The van der Waals surface area contributed by atoms with Crippen molar-refractivity contribution < 1.29 is 4.74 Å². The number of hydrogen-bond acceptors (Lipinski definition) is 3. The summed E-state index contributed by atoms with van der Waals surface area (Å²) in [5, 5.41) is 0. The van der Waals surface area contributed by atoms with Gasteiger partial charge < -0.3 is 10.5 Å². The van der Waals surface area contributed by atoms with Gasteiger partial charge in [0.25, 0.3) is 0 Å². The van der Waals surface area contributed by atoms with Gasteiger partial charge in [-0.05, 0) is 69.5 Å². The molecule has 1 aromatic rings. The van der Waals surface area contributed by atoms with Gasteiger partial charge in [-0.2, -0.15) is 0 Å². The van der Waals surface area contributed by atoms with E-state index >= 15 is 0 Å². The van der Waals surface area contributed by atoms with Gasteiger partial charge in [-0.3, -0.25) is 4.90 Å². The highest BCUT2D eigenvalue weighted by molar-refractivity contribution is 5.38. The van der Waals surface area contributed by atoms with E-state index in [2.05, 4.69) is 37.8 Å². The Hall–Kier alpha value is -1.06. The maximum atomic E-state index is 6.72. The standard InChI is InChI=1S/C18H30N2O/c1-5-18(3,20-11-7-6-8-12-20)17(19)16-10-9-15(21-4)13-14(16)2/h9-10,13,17H,5-8,11-12,19H2,1-4H3. The molecule has 1 aromatic carbocycles. The first-order valence-electron chi connectivity index (χ1n) is 8.18. The highest BCUT2D eigenvalue weighted by Gasteiger charge is 2.38. The number of rotatable bonds is 5. The molecule has 0 amide bonds. The first-order valence-corrected chi connectivity index (χ1v) is 8.18. The predicted octanol–water partition coefficient (Wildman–Crippen LogP) is 3.66. The Morgan fingerprint density at radius 3 is 2.48 bits per heavy atom. The lowest BCUT2D eigenvalue weighted by molar-refractivity contribution is 0.0541. The van der Waals surface area contributed by atoms with Crippen LogP contribution in [0.25, 0.3) is 0 Å². The Morgan fingerprint density at radius 1 is 1.29 bits per heavy atom. The zero-order valence-electron chi connectivity index (χ0n) is 14.0. The molecule has 118 valence electrons. The molecule has 2 unspecified atom stereocenters. The molecule has 1 heterocycles. The van der Waals surface area contributed by atoms with E-state index in [0.717, 1.165) is 12.2 Å². The van der Waals surface area contributed by atoms with Crippen LogP contribution in [0, 0.1) is 6.92 Å². The van der Waals surface area contributed by atoms with Crippen LogP contribution in [0.5, 0.6) is 5.75 Å². The van der Waals surface area contributed by atoms with Crippen LogP contribution in [0.4, 0.5) is 0 Å². The van der Waals surface area contributed by atoms with Gasteiger partial charge in [-0.25, -0.2) is 0 Å². The van der Waals surface area contributed by atoms with E-state index in [1.165, 1.54) is 43.5 Å². The van der Waals surface area contributed by atoms with Crippen LogP contribution in [0.2, 0.25) is 0 Å². The molecule has 1 fully saturated rings. The van der Waals surface area contributed by atoms with Crippen LogP contribution < -0.4 is 10.5 Å². The highest BCUT2D eigenvalue weighted by Crippen LogP contribution is 2.36. The second-order valence-electron chi connectivity index (χ2n) is 6.46. The third-order valence-corrected chi connectivity index (χ3v) is 5.28. The predicted molar refractivity (Wildman–Crippen MR) is 88.8 cm³/mol. The zero-order chi connectivity index (χ0) is 15.5. The van der Waals surface area contributed by atoms with Gasteiger partial charge in [0.15, 0.2) is 0 Å². The monoisotopic (exact) mass is 290 g/mol. The molecule has 3 heteroatoms. The first-order chi connectivity index (χ1) is 10.0. The van der Waals surface area contributed by atoms with Crippen molar-refractivity contribution in [2.45, 2.75) is 58.0 Å². The van der Waals surface area contributed by atoms with Gasteiger partial charge in [0, 0.05) is 11.6 Å². The second kappa shape index (κ2) is 6.80. The Bertz CT molecular complexity index is 468. The maximum absolute atomic E-state index is 6.72. The summed E-state index contributed by atoms with van der Waals surface area (Å²) in [5.41, 5.74) is 9.21. The fourth-order valence-electron chi connectivity index (χ4n) is 3.50. The van der Waals surface area contributed by atoms with Crippen LogP contribution in [-0.4, -0.2) is 30.6 Å². The Balaban J connectivity index is 2.28. The molecule has 3 nitrogen and oxygen atoms in total. The summed E-state index contributed by atoms with van der Waals surface area (Å²) in [4.78, 5) is 2.60. The molecule has 2 atom stereocenters. The number of methoxy groups -OCH3 is 1. The topological polar surface area (TPSA) is 38.5 Å². The van der Waals surface area contributed by atoms with E-state index < -0.39 is 0 Å². The summed E-state index contributed by atoms with van der Waals surface area (Å²) >= 11 is 0. The largest absolute Gasteiger partial charge is 0.497 e. The third-order valence-electron chi connectivity index (χ3n) is 5.28. The summed E-state index contributed by atoms with van der Waals surface area (Å²) in [6.07, 6.45) is 5.01. The smallest absolute Gasteiger partial charge is 0.119 e. The van der Waals surface area contributed by atoms with Crippen molar-refractivity contribution in [3.8, 4) is 5.75 Å². The lowest BCUT2D eigenvalue weighted by Crippen LogP contribution is -2.54. The number of hydrogen-bond donors (Lipinski definition) is 1. The van der Waals surface area contributed by atoms with Gasteiger partial charge in [-0.1, -0.05) is 19.4 Å². The van der Waals surface area contributed by atoms with E-state index in [1.54, 1.807) is 7.11 Å². The minimum absolute atomic E-state index is 0.0275. The summed E-state index contributed by atoms with van der Waals surface area (Å²) in [7, 11) is 1.71. The molecule has 0 aliphatic carbocycles. The second-order valence-corrected chi connectivity index (χ2v) is 6.46. The van der Waals surface area contributed by atoms with E-state index in [9.17, 15) is 0 Å². The third kappa shape index (κ3) is 3.24. The maximum Gasteiger partial charge on any atom is 0.119 e. The Morgan fingerprint density at radius 2 is 1.95 bits per heavy atom. The molecule has 0 spiro atoms. The number of nitrogens with zero attached hydrogens (tertiary/aromatic N) is 1. The number of ether oxygens (including phenoxy) is 1. The first kappa shape index (κ1) is 16.3. The molecule has 2 rings (SSSR count). The van der Waals surface area contributed by atoms with Gasteiger partial charge in [-0.15, -0.1) is 0 Å². The van der Waals surface area contributed by atoms with Crippen molar-refractivity contribution in [2.75, 3.05) is 20.2 Å². The van der Waals surface area contributed by atoms with Crippen LogP contribution in [-0.2, 0) is 0 Å². The number of benzene rings is 1. The van der Waals surface area contributed by atoms with E-state index in [1.807, 2.05) is 6.07 Å². The Labute approximate surface area is 129 Å². The van der Waals surface area contributed by atoms with Crippen molar-refractivity contribution in [1.82, 2.24) is 4.90 Å². The fourth-order valence-corrected chi connectivity index (χ4v) is 3.50. The summed E-state index contributed by atoms with van der Waals surface area (Å²) in [6, 6.07) is 6.28. The molecular formula is C18H30N2O. The van der Waals surface area contributed by atoms with Crippen LogP contribution in [0.3, 0.4) is 0 Å². The summed E-state index contributed by atoms with van der Waals surface area (Å²) < 4.78 is 5.31. The molecule has 0 saturated carbocycles. The summed E-state index contributed by atoms with van der Waals surface area (Å²) in [5.74, 6) is 0.902. The molecule has 0 radical (unpaired) electrons. The molecule has 21 heavy (non-hydrogen) atoms. The normalized spacial score (nSPS) is 20.8. The number of aryl methyl sites for hydroxylation is 1. The van der Waals surface area contributed by atoms with Gasteiger partial charge in [0.1, 0.15) is 5.75 Å². The summed E-state index contributed by atoms with van der Waals surface area (Å²) in [6.45, 7) is 9.06. The minimum atomic E-state index is 0.0275. The number of likely N-dealkylation sites (tertiary alicyclic amines) is 1. The van der Waals surface area contributed by atoms with Gasteiger partial charge in [0.05, 0.1) is 7.11 Å². The molecule has 2 N–H and O–H groups in total. The quantitative estimate of drug-likeness (QED) is 0.899. The number of piperidine rings is 1.